The molecule has 2 atom stereocenters. The van der Waals surface area contributed by atoms with Crippen molar-refractivity contribution in [1.29, 1.82) is 0 Å². The Morgan fingerprint density at radius 2 is 2.20 bits per heavy atom. The molecule has 2 rings (SSSR count). The Hall–Kier alpha value is -1.27. The van der Waals surface area contributed by atoms with Crippen molar-refractivity contribution in [2.45, 2.75) is 37.6 Å². The molecule has 1 aliphatic carbocycles. The summed E-state index contributed by atoms with van der Waals surface area (Å²) in [6, 6.07) is 5.48. The summed E-state index contributed by atoms with van der Waals surface area (Å²) in [5.41, 5.74) is 2.08. The molecule has 3 nitrogen and oxygen atoms in total. The molecular weight excluding hydrogens is 271 g/mol. The van der Waals surface area contributed by atoms with Crippen LogP contribution in [0.3, 0.4) is 0 Å². The van der Waals surface area contributed by atoms with Crippen LogP contribution in [0.15, 0.2) is 18.2 Å². The number of nitrogens with one attached hydrogen (secondary N) is 1. The molecule has 0 spiro atoms. The lowest BCUT2D eigenvalue weighted by molar-refractivity contribution is -0.202. The fourth-order valence-corrected chi connectivity index (χ4v) is 2.49. The summed E-state index contributed by atoms with van der Waals surface area (Å²) in [7, 11) is 1.56. The van der Waals surface area contributed by atoms with E-state index in [4.69, 9.17) is 9.84 Å². The monoisotopic (exact) mass is 289 g/mol. The van der Waals surface area contributed by atoms with Crippen LogP contribution in [0.2, 0.25) is 0 Å². The van der Waals surface area contributed by atoms with E-state index >= 15 is 0 Å². The van der Waals surface area contributed by atoms with Crippen LogP contribution in [0, 0.1) is 0 Å². The number of methoxy groups -OCH3 is 1. The van der Waals surface area contributed by atoms with Crippen molar-refractivity contribution in [3.05, 3.63) is 29.3 Å². The van der Waals surface area contributed by atoms with Crippen molar-refractivity contribution in [3.63, 3.8) is 0 Å². The molecule has 1 aromatic rings. The minimum atomic E-state index is -4.58. The molecule has 0 aromatic heterocycles. The average molecular weight is 289 g/mol. The molecule has 2 N–H and O–H groups in total. The van der Waals surface area contributed by atoms with Gasteiger partial charge in [0.1, 0.15) is 5.75 Å². The Morgan fingerprint density at radius 3 is 2.85 bits per heavy atom. The number of aryl methyl sites for hydroxylation is 1. The first-order valence-electron chi connectivity index (χ1n) is 6.57. The van der Waals surface area contributed by atoms with Gasteiger partial charge < -0.3 is 15.2 Å². The lowest BCUT2D eigenvalue weighted by Gasteiger charge is -2.28. The van der Waals surface area contributed by atoms with Gasteiger partial charge in [-0.25, -0.2) is 0 Å². The second-order valence-electron chi connectivity index (χ2n) is 4.98. The second-order valence-corrected chi connectivity index (χ2v) is 4.98. The number of ether oxygens (including phenoxy) is 1. The summed E-state index contributed by atoms with van der Waals surface area (Å²) >= 11 is 0. The van der Waals surface area contributed by atoms with Gasteiger partial charge in [-0.3, -0.25) is 0 Å². The molecule has 1 aromatic carbocycles. The Balaban J connectivity index is 2.08. The van der Waals surface area contributed by atoms with Crippen molar-refractivity contribution >= 4 is 0 Å². The van der Waals surface area contributed by atoms with Gasteiger partial charge in [-0.15, -0.1) is 0 Å². The summed E-state index contributed by atoms with van der Waals surface area (Å²) in [6.45, 7) is -0.495. The van der Waals surface area contributed by atoms with Crippen LogP contribution in [0.1, 0.15) is 30.0 Å². The molecule has 2 unspecified atom stereocenters. The first kappa shape index (κ1) is 15.1. The zero-order valence-corrected chi connectivity index (χ0v) is 11.2. The molecule has 0 heterocycles. The van der Waals surface area contributed by atoms with E-state index in [1.165, 1.54) is 0 Å². The van der Waals surface area contributed by atoms with Gasteiger partial charge in [0.2, 0.25) is 0 Å². The van der Waals surface area contributed by atoms with Gasteiger partial charge in [-0.2, -0.15) is 13.2 Å². The maximum absolute atomic E-state index is 12.3. The van der Waals surface area contributed by atoms with Crippen LogP contribution in [0.25, 0.3) is 0 Å². The number of halogens is 3. The number of aliphatic hydroxyl groups is 1. The third-order valence-corrected chi connectivity index (χ3v) is 3.60. The smallest absolute Gasteiger partial charge is 0.415 e. The normalized spacial score (nSPS) is 20.4. The fraction of sp³-hybridized carbons (Fsp3) is 0.571. The van der Waals surface area contributed by atoms with E-state index in [-0.39, 0.29) is 6.04 Å². The van der Waals surface area contributed by atoms with Crippen LogP contribution >= 0.6 is 0 Å². The highest BCUT2D eigenvalue weighted by Crippen LogP contribution is 2.32. The van der Waals surface area contributed by atoms with Gasteiger partial charge in [-0.05, 0) is 42.5 Å². The van der Waals surface area contributed by atoms with E-state index in [2.05, 4.69) is 5.32 Å². The van der Waals surface area contributed by atoms with Gasteiger partial charge in [-0.1, -0.05) is 6.07 Å². The van der Waals surface area contributed by atoms with Crippen molar-refractivity contribution in [3.8, 4) is 5.75 Å². The molecule has 6 heteroatoms. The summed E-state index contributed by atoms with van der Waals surface area (Å²) in [4.78, 5) is 0. The topological polar surface area (TPSA) is 41.5 Å². The van der Waals surface area contributed by atoms with E-state index in [1.807, 2.05) is 18.2 Å². The van der Waals surface area contributed by atoms with Crippen molar-refractivity contribution in [2.24, 2.45) is 0 Å². The van der Waals surface area contributed by atoms with Crippen LogP contribution in [0.5, 0.6) is 5.75 Å². The third kappa shape index (κ3) is 3.43. The van der Waals surface area contributed by atoms with E-state index in [9.17, 15) is 13.2 Å². The minimum Gasteiger partial charge on any atom is -0.497 e. The second kappa shape index (κ2) is 6.01. The molecule has 20 heavy (non-hydrogen) atoms. The van der Waals surface area contributed by atoms with Crippen LogP contribution in [0.4, 0.5) is 13.2 Å². The Kier molecular flexibility index (Phi) is 4.55. The summed E-state index contributed by atoms with van der Waals surface area (Å²) < 4.78 is 42.1. The molecule has 0 radical (unpaired) electrons. The highest BCUT2D eigenvalue weighted by atomic mass is 19.4. The number of aliphatic hydroxyl groups excluding tert-OH is 1. The molecular formula is C14H18F3NO2. The minimum absolute atomic E-state index is 0.175. The van der Waals surface area contributed by atoms with E-state index < -0.39 is 18.8 Å². The van der Waals surface area contributed by atoms with Crippen LogP contribution in [-0.4, -0.2) is 31.0 Å². The Labute approximate surface area is 115 Å². The first-order valence-corrected chi connectivity index (χ1v) is 6.57. The maximum Gasteiger partial charge on any atom is 0.415 e. The molecule has 0 saturated carbocycles. The SMILES string of the molecule is COc1ccc2c(c1)C(NCC(O)C(F)(F)F)CCC2. The van der Waals surface area contributed by atoms with E-state index in [0.29, 0.717) is 5.75 Å². The Bertz CT molecular complexity index is 462. The quantitative estimate of drug-likeness (QED) is 0.895. The first-order chi connectivity index (χ1) is 9.41. The van der Waals surface area contributed by atoms with Gasteiger partial charge in [0, 0.05) is 12.6 Å². The van der Waals surface area contributed by atoms with Crippen molar-refractivity contribution in [1.82, 2.24) is 5.32 Å². The fourth-order valence-electron chi connectivity index (χ4n) is 2.49. The number of rotatable bonds is 4. The van der Waals surface area contributed by atoms with Gasteiger partial charge in [0.05, 0.1) is 7.11 Å². The average Bonchev–Trinajstić information content (AvgIpc) is 2.43. The third-order valence-electron chi connectivity index (χ3n) is 3.60. The van der Waals surface area contributed by atoms with Gasteiger partial charge >= 0.3 is 6.18 Å². The Morgan fingerprint density at radius 1 is 1.45 bits per heavy atom. The van der Waals surface area contributed by atoms with E-state index in [1.54, 1.807) is 7.11 Å². The van der Waals surface area contributed by atoms with Gasteiger partial charge in [0.25, 0.3) is 0 Å². The molecule has 1 aliphatic rings. The van der Waals surface area contributed by atoms with Gasteiger partial charge in [0.15, 0.2) is 6.10 Å². The van der Waals surface area contributed by atoms with Crippen LogP contribution in [-0.2, 0) is 6.42 Å². The molecule has 0 saturated heterocycles. The molecule has 0 fully saturated rings. The highest BCUT2D eigenvalue weighted by Gasteiger charge is 2.38. The standard InChI is InChI=1S/C14H18F3NO2/c1-20-10-6-5-9-3-2-4-12(11(9)7-10)18-8-13(19)14(15,16)17/h5-7,12-13,18-19H,2-4,8H2,1H3. The zero-order valence-electron chi connectivity index (χ0n) is 11.2. The maximum atomic E-state index is 12.3. The van der Waals surface area contributed by atoms with Crippen molar-refractivity contribution < 1.29 is 23.0 Å². The predicted molar refractivity (Wildman–Crippen MR) is 68.7 cm³/mol. The lowest BCUT2D eigenvalue weighted by atomic mass is 9.87. The number of fused-ring (bicyclic) bond motifs is 1. The summed E-state index contributed by atoms with van der Waals surface area (Å²) in [6.07, 6.45) is -4.33. The summed E-state index contributed by atoms with van der Waals surface area (Å²) in [5.74, 6) is 0.689. The highest BCUT2D eigenvalue weighted by molar-refractivity contribution is 5.39. The van der Waals surface area contributed by atoms with E-state index in [0.717, 1.165) is 30.4 Å². The number of alkyl halides is 3. The molecule has 0 amide bonds. The molecule has 112 valence electrons. The zero-order chi connectivity index (χ0) is 14.8. The summed E-state index contributed by atoms with van der Waals surface area (Å²) in [5, 5.41) is 11.9. The number of benzene rings is 1. The molecule has 0 bridgehead atoms. The van der Waals surface area contributed by atoms with Crippen LogP contribution < -0.4 is 10.1 Å². The predicted octanol–water partition coefficient (Wildman–Crippen LogP) is 2.59. The van der Waals surface area contributed by atoms with Crippen molar-refractivity contribution in [2.75, 3.05) is 13.7 Å². The lowest BCUT2D eigenvalue weighted by Crippen LogP contribution is -2.40. The largest absolute Gasteiger partial charge is 0.497 e. The molecule has 0 aliphatic heterocycles. The number of hydrogen-bond donors (Lipinski definition) is 2. The number of hydrogen-bond acceptors (Lipinski definition) is 3.